The van der Waals surface area contributed by atoms with Crippen LogP contribution in [0.3, 0.4) is 0 Å². The minimum absolute atomic E-state index is 0.142. The summed E-state index contributed by atoms with van der Waals surface area (Å²) < 4.78 is 0. The Morgan fingerprint density at radius 2 is 2.00 bits per heavy atom. The van der Waals surface area contributed by atoms with E-state index in [1.54, 1.807) is 4.90 Å². The van der Waals surface area contributed by atoms with Crippen molar-refractivity contribution < 1.29 is 14.7 Å². The van der Waals surface area contributed by atoms with Crippen molar-refractivity contribution in [3.8, 4) is 0 Å². The fraction of sp³-hybridized carbons (Fsp3) is 0.846. The molecule has 0 aromatic rings. The second-order valence-electron chi connectivity index (χ2n) is 5.32. The molecule has 0 heterocycles. The zero-order valence-electron chi connectivity index (χ0n) is 11.5. The first-order valence-corrected chi connectivity index (χ1v) is 6.73. The lowest BCUT2D eigenvalue weighted by Gasteiger charge is -2.27. The molecule has 0 aromatic heterocycles. The summed E-state index contributed by atoms with van der Waals surface area (Å²) in [4.78, 5) is 24.7. The van der Waals surface area contributed by atoms with Crippen LogP contribution in [0.4, 0.5) is 4.79 Å². The van der Waals surface area contributed by atoms with Crippen LogP contribution in [-0.2, 0) is 4.79 Å². The topological polar surface area (TPSA) is 69.6 Å². The van der Waals surface area contributed by atoms with Crippen LogP contribution in [0.5, 0.6) is 0 Å². The van der Waals surface area contributed by atoms with Crippen LogP contribution in [0, 0.1) is 11.8 Å². The highest BCUT2D eigenvalue weighted by Crippen LogP contribution is 2.30. The van der Waals surface area contributed by atoms with Gasteiger partial charge in [0.15, 0.2) is 0 Å². The molecule has 1 fully saturated rings. The molecule has 5 heteroatoms. The van der Waals surface area contributed by atoms with Gasteiger partial charge in [0.1, 0.15) is 0 Å². The van der Waals surface area contributed by atoms with Crippen molar-refractivity contribution in [2.75, 3.05) is 13.1 Å². The van der Waals surface area contributed by atoms with E-state index < -0.39 is 11.9 Å². The summed E-state index contributed by atoms with van der Waals surface area (Å²) in [5, 5.41) is 11.7. The third-order valence-electron chi connectivity index (χ3n) is 3.38. The van der Waals surface area contributed by atoms with Crippen molar-refractivity contribution >= 4 is 12.0 Å². The number of carboxylic acids is 1. The first kappa shape index (κ1) is 14.8. The molecule has 0 aromatic carbocycles. The zero-order chi connectivity index (χ0) is 13.7. The number of hydrogen-bond acceptors (Lipinski definition) is 2. The van der Waals surface area contributed by atoms with Gasteiger partial charge in [0, 0.05) is 19.1 Å². The largest absolute Gasteiger partial charge is 0.481 e. The zero-order valence-corrected chi connectivity index (χ0v) is 11.5. The second-order valence-corrected chi connectivity index (χ2v) is 5.32. The Labute approximate surface area is 109 Å². The molecule has 1 aliphatic carbocycles. The van der Waals surface area contributed by atoms with Crippen molar-refractivity contribution in [2.24, 2.45) is 11.8 Å². The normalized spacial score (nSPS) is 16.4. The first-order valence-electron chi connectivity index (χ1n) is 6.73. The van der Waals surface area contributed by atoms with Gasteiger partial charge in [-0.3, -0.25) is 4.79 Å². The lowest BCUT2D eigenvalue weighted by molar-refractivity contribution is -0.141. The molecule has 1 unspecified atom stereocenters. The molecule has 2 amide bonds. The average Bonchev–Trinajstić information content (AvgIpc) is 3.09. The van der Waals surface area contributed by atoms with Gasteiger partial charge in [-0.15, -0.1) is 0 Å². The van der Waals surface area contributed by atoms with Crippen LogP contribution < -0.4 is 5.32 Å². The molecule has 1 aliphatic rings. The van der Waals surface area contributed by atoms with E-state index in [1.807, 2.05) is 20.8 Å². The number of carbonyl (C=O) groups excluding carboxylic acids is 1. The maximum Gasteiger partial charge on any atom is 0.317 e. The van der Waals surface area contributed by atoms with Gasteiger partial charge < -0.3 is 15.3 Å². The van der Waals surface area contributed by atoms with E-state index in [0.29, 0.717) is 12.3 Å². The molecule has 0 radical (unpaired) electrons. The van der Waals surface area contributed by atoms with Crippen molar-refractivity contribution in [3.63, 3.8) is 0 Å². The van der Waals surface area contributed by atoms with Gasteiger partial charge in [-0.2, -0.15) is 0 Å². The van der Waals surface area contributed by atoms with E-state index in [2.05, 4.69) is 5.32 Å². The van der Waals surface area contributed by atoms with E-state index in [1.165, 1.54) is 12.8 Å². The predicted molar refractivity (Wildman–Crippen MR) is 69.4 cm³/mol. The van der Waals surface area contributed by atoms with Crippen molar-refractivity contribution in [3.05, 3.63) is 0 Å². The summed E-state index contributed by atoms with van der Waals surface area (Å²) in [5.41, 5.74) is 0. The summed E-state index contributed by atoms with van der Waals surface area (Å²) in [6, 6.07) is 0.00658. The van der Waals surface area contributed by atoms with Crippen LogP contribution in [0.1, 0.15) is 40.0 Å². The molecule has 0 aliphatic heterocycles. The first-order chi connectivity index (χ1) is 8.45. The van der Waals surface area contributed by atoms with Crippen molar-refractivity contribution in [1.82, 2.24) is 10.2 Å². The van der Waals surface area contributed by atoms with Gasteiger partial charge in [0.25, 0.3) is 0 Å². The summed E-state index contributed by atoms with van der Waals surface area (Å²) in [6.07, 6.45) is 2.92. The van der Waals surface area contributed by atoms with E-state index in [9.17, 15) is 9.59 Å². The van der Waals surface area contributed by atoms with E-state index in [-0.39, 0.29) is 18.6 Å². The number of rotatable bonds is 7. The fourth-order valence-corrected chi connectivity index (χ4v) is 1.83. The lowest BCUT2D eigenvalue weighted by Crippen LogP contribution is -2.46. The maximum atomic E-state index is 12.0. The third kappa shape index (κ3) is 4.55. The molecule has 0 bridgehead atoms. The molecule has 1 saturated carbocycles. The maximum absolute atomic E-state index is 12.0. The number of urea groups is 1. The Morgan fingerprint density at radius 1 is 1.39 bits per heavy atom. The predicted octanol–water partition coefficient (Wildman–Crippen LogP) is 1.93. The molecule has 0 spiro atoms. The van der Waals surface area contributed by atoms with Crippen LogP contribution in [0.25, 0.3) is 0 Å². The van der Waals surface area contributed by atoms with Crippen LogP contribution >= 0.6 is 0 Å². The Hall–Kier alpha value is -1.26. The van der Waals surface area contributed by atoms with Gasteiger partial charge in [0.2, 0.25) is 0 Å². The quantitative estimate of drug-likeness (QED) is 0.731. The van der Waals surface area contributed by atoms with Crippen LogP contribution in [0.2, 0.25) is 0 Å². The van der Waals surface area contributed by atoms with Crippen molar-refractivity contribution in [1.29, 1.82) is 0 Å². The van der Waals surface area contributed by atoms with E-state index >= 15 is 0 Å². The standard InChI is InChI=1S/C13H24N2O3/c1-4-11(12(16)17)7-14-13(18)15(9(2)3)8-10-5-6-10/h9-11H,4-8H2,1-3H3,(H,14,18)(H,16,17). The molecule has 18 heavy (non-hydrogen) atoms. The van der Waals surface area contributed by atoms with E-state index in [0.717, 1.165) is 6.54 Å². The van der Waals surface area contributed by atoms with Gasteiger partial charge in [-0.05, 0) is 39.0 Å². The summed E-state index contributed by atoms with van der Waals surface area (Å²) >= 11 is 0. The van der Waals surface area contributed by atoms with Gasteiger partial charge in [-0.1, -0.05) is 6.92 Å². The molecule has 104 valence electrons. The molecule has 2 N–H and O–H groups in total. The smallest absolute Gasteiger partial charge is 0.317 e. The molecule has 5 nitrogen and oxygen atoms in total. The fourth-order valence-electron chi connectivity index (χ4n) is 1.83. The minimum atomic E-state index is -0.851. The minimum Gasteiger partial charge on any atom is -0.481 e. The molecular formula is C13H24N2O3. The number of aliphatic carboxylic acids is 1. The number of amides is 2. The Balaban J connectivity index is 2.42. The van der Waals surface area contributed by atoms with E-state index in [4.69, 9.17) is 5.11 Å². The summed E-state index contributed by atoms with van der Waals surface area (Å²) in [5.74, 6) is -0.709. The number of carboxylic acid groups (broad SMARTS) is 1. The number of nitrogens with zero attached hydrogens (tertiary/aromatic N) is 1. The molecule has 1 rings (SSSR count). The highest BCUT2D eigenvalue weighted by atomic mass is 16.4. The Bertz CT molecular complexity index is 301. The average molecular weight is 256 g/mol. The monoisotopic (exact) mass is 256 g/mol. The van der Waals surface area contributed by atoms with Crippen LogP contribution in [0.15, 0.2) is 0 Å². The number of nitrogens with one attached hydrogen (secondary N) is 1. The number of carbonyl (C=O) groups is 2. The van der Waals surface area contributed by atoms with Crippen LogP contribution in [-0.4, -0.2) is 41.1 Å². The van der Waals surface area contributed by atoms with Gasteiger partial charge in [-0.25, -0.2) is 4.79 Å². The third-order valence-corrected chi connectivity index (χ3v) is 3.38. The summed E-state index contributed by atoms with van der Waals surface area (Å²) in [6.45, 7) is 6.77. The van der Waals surface area contributed by atoms with Crippen molar-refractivity contribution in [2.45, 2.75) is 46.1 Å². The Kier molecular flexibility index (Phi) is 5.44. The molecule has 1 atom stereocenters. The SMILES string of the molecule is CCC(CNC(=O)N(CC1CC1)C(C)C)C(=O)O. The summed E-state index contributed by atoms with van der Waals surface area (Å²) in [7, 11) is 0. The van der Waals surface area contributed by atoms with Gasteiger partial charge >= 0.3 is 12.0 Å². The second kappa shape index (κ2) is 6.61. The highest BCUT2D eigenvalue weighted by Gasteiger charge is 2.28. The van der Waals surface area contributed by atoms with Gasteiger partial charge in [0.05, 0.1) is 5.92 Å². The number of hydrogen-bond donors (Lipinski definition) is 2. The molecule has 0 saturated heterocycles. The molecular weight excluding hydrogens is 232 g/mol. The lowest BCUT2D eigenvalue weighted by atomic mass is 10.1. The Morgan fingerprint density at radius 3 is 2.39 bits per heavy atom. The highest BCUT2D eigenvalue weighted by molar-refractivity contribution is 5.76.